The summed E-state index contributed by atoms with van der Waals surface area (Å²) in [6, 6.07) is 29.4. The second-order valence-electron chi connectivity index (χ2n) is 7.72. The van der Waals surface area contributed by atoms with Crippen LogP contribution >= 0.6 is 12.6 Å². The van der Waals surface area contributed by atoms with Gasteiger partial charge in [0.15, 0.2) is 0 Å². The third-order valence-electron chi connectivity index (χ3n) is 5.40. The maximum absolute atomic E-state index is 4.97. The van der Waals surface area contributed by atoms with E-state index in [1.165, 1.54) is 30.4 Å². The molecule has 0 fully saturated rings. The number of aryl methyl sites for hydroxylation is 2. The Hall–Kier alpha value is -2.78. The lowest BCUT2D eigenvalue weighted by atomic mass is 10.1. The van der Waals surface area contributed by atoms with Gasteiger partial charge < -0.3 is 4.98 Å². The first-order valence-electron chi connectivity index (χ1n) is 10.8. The highest BCUT2D eigenvalue weighted by Gasteiger charge is 2.13. The van der Waals surface area contributed by atoms with Gasteiger partial charge in [0.1, 0.15) is 5.82 Å². The van der Waals surface area contributed by atoms with Crippen LogP contribution in [0.2, 0.25) is 0 Å². The summed E-state index contributed by atoms with van der Waals surface area (Å²) in [6.07, 6.45) is 6.96. The maximum Gasteiger partial charge on any atom is 0.107 e. The number of thiol groups is 1. The van der Waals surface area contributed by atoms with Crippen molar-refractivity contribution in [1.82, 2.24) is 9.97 Å². The van der Waals surface area contributed by atoms with E-state index in [9.17, 15) is 0 Å². The van der Waals surface area contributed by atoms with Crippen LogP contribution in [0.1, 0.15) is 37.1 Å². The normalized spacial score (nSPS) is 11.0. The van der Waals surface area contributed by atoms with Gasteiger partial charge in [-0.2, -0.15) is 0 Å². The van der Waals surface area contributed by atoms with E-state index in [2.05, 4.69) is 90.4 Å². The van der Waals surface area contributed by atoms with Gasteiger partial charge in [0.25, 0.3) is 0 Å². The van der Waals surface area contributed by atoms with Crippen molar-refractivity contribution in [1.29, 1.82) is 0 Å². The van der Waals surface area contributed by atoms with Crippen LogP contribution in [0.25, 0.3) is 22.5 Å². The highest BCUT2D eigenvalue weighted by Crippen LogP contribution is 2.30. The molecule has 4 rings (SSSR count). The molecule has 1 N–H and O–H groups in total. The highest BCUT2D eigenvalue weighted by atomic mass is 32.1. The quantitative estimate of drug-likeness (QED) is 0.218. The fourth-order valence-electron chi connectivity index (χ4n) is 3.85. The Kier molecular flexibility index (Phi) is 7.04. The molecule has 0 atom stereocenters. The van der Waals surface area contributed by atoms with E-state index >= 15 is 0 Å². The first kappa shape index (κ1) is 20.5. The SMILES string of the molecule is Sc1cccc(CCCCCCc2nc(-c3ccccc3)c(-c3ccccc3)[nH]2)c1. The van der Waals surface area contributed by atoms with Gasteiger partial charge >= 0.3 is 0 Å². The topological polar surface area (TPSA) is 28.7 Å². The van der Waals surface area contributed by atoms with Gasteiger partial charge in [-0.15, -0.1) is 12.6 Å². The monoisotopic (exact) mass is 412 g/mol. The van der Waals surface area contributed by atoms with E-state index in [1.54, 1.807) is 0 Å². The number of hydrogen-bond acceptors (Lipinski definition) is 2. The number of imidazole rings is 1. The molecular weight excluding hydrogens is 384 g/mol. The highest BCUT2D eigenvalue weighted by molar-refractivity contribution is 7.80. The first-order chi connectivity index (χ1) is 14.8. The zero-order chi connectivity index (χ0) is 20.6. The molecule has 0 saturated carbocycles. The summed E-state index contributed by atoms with van der Waals surface area (Å²) >= 11 is 4.43. The lowest BCUT2D eigenvalue weighted by Gasteiger charge is -2.03. The van der Waals surface area contributed by atoms with Crippen LogP contribution in [0.5, 0.6) is 0 Å². The van der Waals surface area contributed by atoms with Crippen molar-refractivity contribution in [2.45, 2.75) is 43.4 Å². The molecule has 30 heavy (non-hydrogen) atoms. The zero-order valence-electron chi connectivity index (χ0n) is 17.2. The number of hydrogen-bond donors (Lipinski definition) is 2. The smallest absolute Gasteiger partial charge is 0.107 e. The van der Waals surface area contributed by atoms with Crippen LogP contribution < -0.4 is 0 Å². The Morgan fingerprint density at radius 1 is 0.667 bits per heavy atom. The molecule has 0 aliphatic carbocycles. The second-order valence-corrected chi connectivity index (χ2v) is 8.24. The number of unbranched alkanes of at least 4 members (excludes halogenated alkanes) is 3. The number of benzene rings is 3. The van der Waals surface area contributed by atoms with Crippen LogP contribution in [0, 0.1) is 0 Å². The van der Waals surface area contributed by atoms with Crippen LogP contribution in [-0.2, 0) is 12.8 Å². The predicted octanol–water partition coefficient (Wildman–Crippen LogP) is 7.38. The third-order valence-corrected chi connectivity index (χ3v) is 5.68. The summed E-state index contributed by atoms with van der Waals surface area (Å²) in [6.45, 7) is 0. The average molecular weight is 413 g/mol. The van der Waals surface area contributed by atoms with E-state index in [1.807, 2.05) is 12.1 Å². The molecule has 4 aromatic rings. The molecule has 0 unspecified atom stereocenters. The summed E-state index contributed by atoms with van der Waals surface area (Å²) in [5.74, 6) is 1.08. The lowest BCUT2D eigenvalue weighted by Crippen LogP contribution is -1.90. The molecule has 3 aromatic carbocycles. The molecule has 1 heterocycles. The summed E-state index contributed by atoms with van der Waals surface area (Å²) in [5, 5.41) is 0. The van der Waals surface area contributed by atoms with Crippen molar-refractivity contribution in [2.75, 3.05) is 0 Å². The van der Waals surface area contributed by atoms with Gasteiger partial charge in [-0.25, -0.2) is 4.98 Å². The van der Waals surface area contributed by atoms with E-state index < -0.39 is 0 Å². The molecule has 152 valence electrons. The molecule has 0 radical (unpaired) electrons. The summed E-state index contributed by atoms with van der Waals surface area (Å²) in [7, 11) is 0. The summed E-state index contributed by atoms with van der Waals surface area (Å²) in [5.41, 5.74) is 5.88. The number of nitrogens with one attached hydrogen (secondary N) is 1. The minimum Gasteiger partial charge on any atom is -0.341 e. The number of aromatic amines is 1. The Morgan fingerprint density at radius 3 is 2.03 bits per heavy atom. The molecular formula is C27H28N2S. The van der Waals surface area contributed by atoms with Gasteiger partial charge in [0.2, 0.25) is 0 Å². The minimum atomic E-state index is 0.985. The largest absolute Gasteiger partial charge is 0.341 e. The van der Waals surface area contributed by atoms with Gasteiger partial charge in [0.05, 0.1) is 11.4 Å². The zero-order valence-corrected chi connectivity index (χ0v) is 18.1. The van der Waals surface area contributed by atoms with Gasteiger partial charge in [-0.05, 0) is 37.0 Å². The van der Waals surface area contributed by atoms with Gasteiger partial charge in [-0.3, -0.25) is 0 Å². The lowest BCUT2D eigenvalue weighted by molar-refractivity contribution is 0.632. The Morgan fingerprint density at radius 2 is 1.33 bits per heavy atom. The van der Waals surface area contributed by atoms with Crippen LogP contribution in [0.3, 0.4) is 0 Å². The van der Waals surface area contributed by atoms with Crippen LogP contribution in [0.15, 0.2) is 89.8 Å². The Labute approximate surface area is 184 Å². The number of nitrogens with zero attached hydrogens (tertiary/aromatic N) is 1. The standard InChI is InChI=1S/C27H28N2S/c30-24-18-11-13-21(20-24)12-5-1-2-10-19-25-28-26(22-14-6-3-7-15-22)27(29-25)23-16-8-4-9-17-23/h3-4,6-9,11,13-18,20,30H,1-2,5,10,12,19H2,(H,28,29). The van der Waals surface area contributed by atoms with Gasteiger partial charge in [-0.1, -0.05) is 85.6 Å². The molecule has 3 heteroatoms. The fourth-order valence-corrected chi connectivity index (χ4v) is 4.10. The Balaban J connectivity index is 1.36. The van der Waals surface area contributed by atoms with Crippen molar-refractivity contribution in [3.63, 3.8) is 0 Å². The van der Waals surface area contributed by atoms with Crippen molar-refractivity contribution >= 4 is 12.6 Å². The summed E-state index contributed by atoms with van der Waals surface area (Å²) in [4.78, 5) is 9.62. The number of aromatic nitrogens is 2. The van der Waals surface area contributed by atoms with Gasteiger partial charge in [0, 0.05) is 22.4 Å². The fraction of sp³-hybridized carbons (Fsp3) is 0.222. The summed E-state index contributed by atoms with van der Waals surface area (Å²) < 4.78 is 0. The second kappa shape index (κ2) is 10.3. The number of rotatable bonds is 9. The van der Waals surface area contributed by atoms with Crippen molar-refractivity contribution in [3.8, 4) is 22.5 Å². The van der Waals surface area contributed by atoms with Crippen molar-refractivity contribution < 1.29 is 0 Å². The molecule has 0 bridgehead atoms. The predicted molar refractivity (Wildman–Crippen MR) is 129 cm³/mol. The van der Waals surface area contributed by atoms with Crippen LogP contribution in [0.4, 0.5) is 0 Å². The first-order valence-corrected chi connectivity index (χ1v) is 11.2. The van der Waals surface area contributed by atoms with E-state index in [-0.39, 0.29) is 0 Å². The third kappa shape index (κ3) is 5.43. The Bertz CT molecular complexity index is 998. The minimum absolute atomic E-state index is 0.985. The molecule has 0 spiro atoms. The number of H-pyrrole nitrogens is 1. The molecule has 0 amide bonds. The van der Waals surface area contributed by atoms with E-state index in [0.717, 1.165) is 46.9 Å². The molecule has 0 aliphatic heterocycles. The van der Waals surface area contributed by atoms with Crippen molar-refractivity contribution in [3.05, 3.63) is 96.3 Å². The molecule has 2 nitrogen and oxygen atoms in total. The molecule has 0 saturated heterocycles. The molecule has 1 aromatic heterocycles. The van der Waals surface area contributed by atoms with Crippen molar-refractivity contribution in [2.24, 2.45) is 0 Å². The van der Waals surface area contributed by atoms with E-state index in [4.69, 9.17) is 4.98 Å². The van der Waals surface area contributed by atoms with E-state index in [0.29, 0.717) is 0 Å². The maximum atomic E-state index is 4.97. The average Bonchev–Trinajstić information content (AvgIpc) is 3.22. The van der Waals surface area contributed by atoms with Crippen LogP contribution in [-0.4, -0.2) is 9.97 Å². The molecule has 0 aliphatic rings.